The molecule has 4 heteroatoms. The molecule has 1 fully saturated rings. The van der Waals surface area contributed by atoms with E-state index in [2.05, 4.69) is 34.1 Å². The second-order valence-electron chi connectivity index (χ2n) is 6.03. The lowest BCUT2D eigenvalue weighted by Crippen LogP contribution is -2.48. The second kappa shape index (κ2) is 6.32. The van der Waals surface area contributed by atoms with Gasteiger partial charge in [0.15, 0.2) is 0 Å². The molecule has 1 aliphatic heterocycles. The molecule has 3 aromatic rings. The summed E-state index contributed by atoms with van der Waals surface area (Å²) in [6, 6.07) is 20.0. The van der Waals surface area contributed by atoms with Crippen molar-refractivity contribution in [3.63, 3.8) is 0 Å². The van der Waals surface area contributed by atoms with Crippen LogP contribution in [0.4, 0.5) is 5.69 Å². The summed E-state index contributed by atoms with van der Waals surface area (Å²) in [4.78, 5) is 21.3. The summed E-state index contributed by atoms with van der Waals surface area (Å²) in [5.74, 6) is 0.105. The fourth-order valence-corrected chi connectivity index (χ4v) is 3.20. The Morgan fingerprint density at radius 1 is 0.875 bits per heavy atom. The van der Waals surface area contributed by atoms with E-state index in [1.165, 1.54) is 5.69 Å². The molecule has 1 aliphatic rings. The van der Waals surface area contributed by atoms with Gasteiger partial charge < -0.3 is 9.80 Å². The predicted molar refractivity (Wildman–Crippen MR) is 96.3 cm³/mol. The number of piperazine rings is 1. The number of hydrogen-bond donors (Lipinski definition) is 0. The zero-order valence-corrected chi connectivity index (χ0v) is 13.4. The minimum atomic E-state index is 0.105. The van der Waals surface area contributed by atoms with Crippen molar-refractivity contribution >= 4 is 22.5 Å². The Labute approximate surface area is 141 Å². The number of fused-ring (bicyclic) bond motifs is 1. The van der Waals surface area contributed by atoms with Crippen LogP contribution in [0.3, 0.4) is 0 Å². The monoisotopic (exact) mass is 317 g/mol. The van der Waals surface area contributed by atoms with E-state index in [4.69, 9.17) is 0 Å². The van der Waals surface area contributed by atoms with E-state index in [9.17, 15) is 4.79 Å². The molecule has 0 saturated carbocycles. The van der Waals surface area contributed by atoms with Crippen molar-refractivity contribution in [2.24, 2.45) is 0 Å². The first-order chi connectivity index (χ1) is 11.8. The van der Waals surface area contributed by atoms with Gasteiger partial charge in [0.1, 0.15) is 0 Å². The molecule has 0 radical (unpaired) electrons. The van der Waals surface area contributed by atoms with Crippen LogP contribution in [-0.4, -0.2) is 42.0 Å². The number of rotatable bonds is 2. The third-order valence-electron chi connectivity index (χ3n) is 4.54. The molecule has 24 heavy (non-hydrogen) atoms. The first-order valence-electron chi connectivity index (χ1n) is 8.25. The van der Waals surface area contributed by atoms with Crippen molar-refractivity contribution in [1.82, 2.24) is 9.88 Å². The molecule has 120 valence electrons. The van der Waals surface area contributed by atoms with Crippen LogP contribution in [0.15, 0.2) is 66.9 Å². The van der Waals surface area contributed by atoms with Crippen LogP contribution in [-0.2, 0) is 0 Å². The van der Waals surface area contributed by atoms with Gasteiger partial charge in [0.05, 0.1) is 5.52 Å². The van der Waals surface area contributed by atoms with E-state index in [-0.39, 0.29) is 5.91 Å². The van der Waals surface area contributed by atoms with Crippen molar-refractivity contribution < 1.29 is 4.79 Å². The zero-order chi connectivity index (χ0) is 16.4. The van der Waals surface area contributed by atoms with Gasteiger partial charge in [0.25, 0.3) is 5.91 Å². The number of para-hydroxylation sites is 1. The molecule has 0 aliphatic carbocycles. The number of carbonyl (C=O) groups is 1. The van der Waals surface area contributed by atoms with Crippen LogP contribution in [0.25, 0.3) is 10.9 Å². The van der Waals surface area contributed by atoms with Crippen molar-refractivity contribution in [1.29, 1.82) is 0 Å². The third-order valence-corrected chi connectivity index (χ3v) is 4.54. The van der Waals surface area contributed by atoms with Gasteiger partial charge in [-0.3, -0.25) is 9.78 Å². The molecule has 0 N–H and O–H groups in total. The summed E-state index contributed by atoms with van der Waals surface area (Å²) < 4.78 is 0. The van der Waals surface area contributed by atoms with Crippen LogP contribution in [0.1, 0.15) is 10.4 Å². The fourth-order valence-electron chi connectivity index (χ4n) is 3.20. The fraction of sp³-hybridized carbons (Fsp3) is 0.200. The highest BCUT2D eigenvalue weighted by atomic mass is 16.2. The first kappa shape index (κ1) is 14.7. The average Bonchev–Trinajstić information content (AvgIpc) is 2.68. The summed E-state index contributed by atoms with van der Waals surface area (Å²) in [7, 11) is 0. The van der Waals surface area contributed by atoms with Crippen LogP contribution < -0.4 is 4.90 Å². The van der Waals surface area contributed by atoms with Gasteiger partial charge in [-0.25, -0.2) is 0 Å². The molecule has 1 aromatic heterocycles. The number of carbonyl (C=O) groups excluding carboxylic acids is 1. The lowest BCUT2D eigenvalue weighted by atomic mass is 10.1. The van der Waals surface area contributed by atoms with E-state index in [0.717, 1.165) is 42.6 Å². The lowest BCUT2D eigenvalue weighted by Gasteiger charge is -2.36. The molecule has 0 bridgehead atoms. The Balaban J connectivity index is 1.47. The van der Waals surface area contributed by atoms with Gasteiger partial charge in [-0.05, 0) is 36.4 Å². The zero-order valence-electron chi connectivity index (χ0n) is 13.4. The molecule has 4 nitrogen and oxygen atoms in total. The molecule has 1 amide bonds. The number of amides is 1. The maximum Gasteiger partial charge on any atom is 0.253 e. The van der Waals surface area contributed by atoms with Gasteiger partial charge in [-0.1, -0.05) is 24.3 Å². The number of hydrogen-bond acceptors (Lipinski definition) is 3. The number of anilines is 1. The van der Waals surface area contributed by atoms with E-state index in [1.54, 1.807) is 6.20 Å². The first-order valence-corrected chi connectivity index (χ1v) is 8.25. The highest BCUT2D eigenvalue weighted by Crippen LogP contribution is 2.18. The molecule has 0 spiro atoms. The smallest absolute Gasteiger partial charge is 0.253 e. The Bertz CT molecular complexity index is 855. The van der Waals surface area contributed by atoms with E-state index in [1.807, 2.05) is 41.3 Å². The highest BCUT2D eigenvalue weighted by Gasteiger charge is 2.22. The summed E-state index contributed by atoms with van der Waals surface area (Å²) in [5, 5.41) is 1.01. The Hall–Kier alpha value is -2.88. The predicted octanol–water partition coefficient (Wildman–Crippen LogP) is 3.20. The maximum atomic E-state index is 12.8. The molecule has 2 heterocycles. The van der Waals surface area contributed by atoms with Crippen LogP contribution >= 0.6 is 0 Å². The number of benzene rings is 2. The topological polar surface area (TPSA) is 36.4 Å². The standard InChI is InChI=1S/C20H19N3O/c24-20(17-8-9-19-16(15-17)5-4-10-21-19)23-13-11-22(12-14-23)18-6-2-1-3-7-18/h1-10,15H,11-14H2. The van der Waals surface area contributed by atoms with Crippen LogP contribution in [0.2, 0.25) is 0 Å². The summed E-state index contributed by atoms with van der Waals surface area (Å²) >= 11 is 0. The normalized spacial score (nSPS) is 14.8. The molecule has 1 saturated heterocycles. The highest BCUT2D eigenvalue weighted by molar-refractivity contribution is 5.98. The van der Waals surface area contributed by atoms with Crippen LogP contribution in [0, 0.1) is 0 Å². The molecular weight excluding hydrogens is 298 g/mol. The Morgan fingerprint density at radius 3 is 2.46 bits per heavy atom. The molecule has 0 atom stereocenters. The summed E-state index contributed by atoms with van der Waals surface area (Å²) in [6.45, 7) is 3.23. The van der Waals surface area contributed by atoms with E-state index >= 15 is 0 Å². The SMILES string of the molecule is O=C(c1ccc2ncccc2c1)N1CCN(c2ccccc2)CC1. The quantitative estimate of drug-likeness (QED) is 0.728. The maximum absolute atomic E-state index is 12.8. The Morgan fingerprint density at radius 2 is 1.67 bits per heavy atom. The second-order valence-corrected chi connectivity index (χ2v) is 6.03. The van der Waals surface area contributed by atoms with Crippen molar-refractivity contribution in [3.05, 3.63) is 72.4 Å². The van der Waals surface area contributed by atoms with E-state index < -0.39 is 0 Å². The van der Waals surface area contributed by atoms with Gasteiger partial charge >= 0.3 is 0 Å². The number of nitrogens with zero attached hydrogens (tertiary/aromatic N) is 3. The largest absolute Gasteiger partial charge is 0.368 e. The summed E-state index contributed by atoms with van der Waals surface area (Å²) in [5.41, 5.74) is 2.88. The summed E-state index contributed by atoms with van der Waals surface area (Å²) in [6.07, 6.45) is 1.77. The lowest BCUT2D eigenvalue weighted by molar-refractivity contribution is 0.0747. The van der Waals surface area contributed by atoms with Crippen molar-refractivity contribution in [2.75, 3.05) is 31.1 Å². The molecular formula is C20H19N3O. The molecule has 0 unspecified atom stereocenters. The van der Waals surface area contributed by atoms with Gasteiger partial charge in [-0.2, -0.15) is 0 Å². The molecule has 2 aromatic carbocycles. The van der Waals surface area contributed by atoms with Gasteiger partial charge in [0, 0.05) is 49.0 Å². The van der Waals surface area contributed by atoms with E-state index in [0.29, 0.717) is 0 Å². The Kier molecular flexibility index (Phi) is 3.87. The van der Waals surface area contributed by atoms with Crippen LogP contribution in [0.5, 0.6) is 0 Å². The number of pyridine rings is 1. The minimum absolute atomic E-state index is 0.105. The molecule has 4 rings (SSSR count). The van der Waals surface area contributed by atoms with Crippen molar-refractivity contribution in [3.8, 4) is 0 Å². The van der Waals surface area contributed by atoms with Gasteiger partial charge in [-0.15, -0.1) is 0 Å². The van der Waals surface area contributed by atoms with Gasteiger partial charge in [0.2, 0.25) is 0 Å². The third kappa shape index (κ3) is 2.83. The minimum Gasteiger partial charge on any atom is -0.368 e. The number of aromatic nitrogens is 1. The average molecular weight is 317 g/mol. The van der Waals surface area contributed by atoms with Crippen molar-refractivity contribution in [2.45, 2.75) is 0 Å².